The van der Waals surface area contributed by atoms with Gasteiger partial charge in [-0.05, 0) is 58.2 Å². The van der Waals surface area contributed by atoms with Gasteiger partial charge in [0, 0.05) is 12.3 Å². The lowest BCUT2D eigenvalue weighted by Crippen LogP contribution is -2.51. The van der Waals surface area contributed by atoms with E-state index >= 15 is 0 Å². The van der Waals surface area contributed by atoms with Crippen LogP contribution >= 0.6 is 15.9 Å². The maximum Gasteiger partial charge on any atom is 0.133 e. The van der Waals surface area contributed by atoms with E-state index < -0.39 is 6.10 Å². The first kappa shape index (κ1) is 26.2. The number of quaternary nitrogens is 1. The van der Waals surface area contributed by atoms with E-state index in [4.69, 9.17) is 15.3 Å². The molecule has 0 radical (unpaired) electrons. The molecule has 2 aromatic rings. The Bertz CT molecular complexity index is 912. The van der Waals surface area contributed by atoms with Gasteiger partial charge in [-0.3, -0.25) is 0 Å². The lowest BCUT2D eigenvalue weighted by Gasteiger charge is -2.27. The van der Waals surface area contributed by atoms with Crippen molar-refractivity contribution in [2.45, 2.75) is 39.2 Å². The van der Waals surface area contributed by atoms with Crippen molar-refractivity contribution in [3.63, 3.8) is 0 Å². The van der Waals surface area contributed by atoms with Crippen LogP contribution < -0.4 is 21.1 Å². The topological polar surface area (TPSA) is 116 Å². The van der Waals surface area contributed by atoms with E-state index in [1.165, 1.54) is 5.01 Å². The fourth-order valence-electron chi connectivity index (χ4n) is 3.35. The van der Waals surface area contributed by atoms with Gasteiger partial charge in [-0.1, -0.05) is 32.0 Å². The zero-order chi connectivity index (χ0) is 23.9. The zero-order valence-electron chi connectivity index (χ0n) is 19.3. The number of hydrogen-bond acceptors (Lipinski definition) is 6. The van der Waals surface area contributed by atoms with Crippen LogP contribution in [0, 0.1) is 0 Å². The molecule has 1 unspecified atom stereocenters. The molecule has 0 aromatic heterocycles. The van der Waals surface area contributed by atoms with Crippen molar-refractivity contribution in [2.24, 2.45) is 5.84 Å². The lowest BCUT2D eigenvalue weighted by atomic mass is 9.78. The number of allylic oxidation sites excluding steroid dienone is 1. The molecule has 8 heteroatoms. The van der Waals surface area contributed by atoms with Crippen molar-refractivity contribution in [1.29, 1.82) is 0 Å². The number of rotatable bonds is 11. The molecule has 32 heavy (non-hydrogen) atoms. The molecular weight excluding hydrogens is 474 g/mol. The average Bonchev–Trinajstić information content (AvgIpc) is 2.74. The highest BCUT2D eigenvalue weighted by Crippen LogP contribution is 2.36. The normalized spacial score (nSPS) is 13.4. The van der Waals surface area contributed by atoms with Gasteiger partial charge in [-0.15, -0.1) is 0 Å². The van der Waals surface area contributed by atoms with Gasteiger partial charge in [0.15, 0.2) is 0 Å². The third-order valence-electron chi connectivity index (χ3n) is 5.37. The summed E-state index contributed by atoms with van der Waals surface area (Å²) in [5.41, 5.74) is 6.99. The number of hydrogen-bond donors (Lipinski definition) is 4. The van der Waals surface area contributed by atoms with E-state index in [0.29, 0.717) is 23.8 Å². The highest BCUT2D eigenvalue weighted by atomic mass is 79.9. The van der Waals surface area contributed by atoms with Gasteiger partial charge < -0.3 is 30.4 Å². The first-order valence-electron chi connectivity index (χ1n) is 10.6. The maximum absolute atomic E-state index is 10.2. The highest BCUT2D eigenvalue weighted by molar-refractivity contribution is 9.10. The summed E-state index contributed by atoms with van der Waals surface area (Å²) in [6, 6.07) is 14.0. The second kappa shape index (κ2) is 11.7. The molecule has 2 aromatic carbocycles. The quantitative estimate of drug-likeness (QED) is 0.273. The van der Waals surface area contributed by atoms with E-state index in [2.05, 4.69) is 47.6 Å². The summed E-state index contributed by atoms with van der Waals surface area (Å²) in [6.07, 6.45) is -0.821. The highest BCUT2D eigenvalue weighted by Gasteiger charge is 2.24. The first-order valence-corrected chi connectivity index (χ1v) is 11.4. The summed E-state index contributed by atoms with van der Waals surface area (Å²) < 4.78 is 12.3. The van der Waals surface area contributed by atoms with Gasteiger partial charge in [0.05, 0.1) is 24.2 Å². The van der Waals surface area contributed by atoms with Crippen LogP contribution in [0.25, 0.3) is 0 Å². The van der Waals surface area contributed by atoms with E-state index in [0.717, 1.165) is 21.3 Å². The molecule has 0 saturated carbocycles. The first-order chi connectivity index (χ1) is 15.1. The minimum atomic E-state index is -0.821. The van der Waals surface area contributed by atoms with Crippen molar-refractivity contribution < 1.29 is 25.4 Å². The Hall–Kier alpha value is -2.10. The molecule has 0 saturated heterocycles. The fourth-order valence-corrected chi connectivity index (χ4v) is 3.84. The van der Waals surface area contributed by atoms with Crippen molar-refractivity contribution in [3.8, 4) is 11.5 Å². The van der Waals surface area contributed by atoms with Gasteiger partial charge in [-0.2, -0.15) is 0 Å². The number of nitrogens with two attached hydrogens (primary N) is 1. The summed E-state index contributed by atoms with van der Waals surface area (Å²) in [5, 5.41) is 20.9. The minimum absolute atomic E-state index is 0.0805. The van der Waals surface area contributed by atoms with Gasteiger partial charge in [0.25, 0.3) is 0 Å². The lowest BCUT2D eigenvalue weighted by molar-refractivity contribution is -0.305. The Morgan fingerprint density at radius 2 is 1.78 bits per heavy atom. The molecule has 0 heterocycles. The van der Waals surface area contributed by atoms with Crippen LogP contribution in [-0.2, 0) is 5.41 Å². The monoisotopic (exact) mass is 508 g/mol. The molecule has 0 aliphatic rings. The number of aliphatic hydroxyl groups is 2. The Morgan fingerprint density at radius 3 is 2.31 bits per heavy atom. The molecule has 176 valence electrons. The summed E-state index contributed by atoms with van der Waals surface area (Å²) in [4.78, 5) is 0. The second-order valence-electron chi connectivity index (χ2n) is 8.23. The molecule has 0 spiro atoms. The molecule has 7 N–H and O–H groups in total. The van der Waals surface area contributed by atoms with Crippen LogP contribution in [-0.4, -0.2) is 47.7 Å². The van der Waals surface area contributed by atoms with Gasteiger partial charge >= 0.3 is 0 Å². The van der Waals surface area contributed by atoms with Crippen LogP contribution in [0.1, 0.15) is 38.8 Å². The number of benzene rings is 2. The summed E-state index contributed by atoms with van der Waals surface area (Å²) in [6.45, 7) is 8.65. The standard InChI is InChI=1S/C24H34BrN3O4/c1-5-31-23-11-8-18(12-21(23)25)24(3,4)17-6-9-20(10-7-17)32-15-19(30)13-28(27)22(14-29)16(2)26/h6-12,19,29-30H,5,13-15,26-27H2,1-4H3/p+1/b22-16-. The molecule has 7 nitrogen and oxygen atoms in total. The predicted octanol–water partition coefficient (Wildman–Crippen LogP) is 2.55. The van der Waals surface area contributed by atoms with Gasteiger partial charge in [-0.25, -0.2) is 5.84 Å². The minimum Gasteiger partial charge on any atom is -0.493 e. The van der Waals surface area contributed by atoms with Crippen LogP contribution in [0.4, 0.5) is 0 Å². The Kier molecular flexibility index (Phi) is 9.54. The molecule has 0 aliphatic heterocycles. The largest absolute Gasteiger partial charge is 0.493 e. The molecule has 0 amide bonds. The molecule has 1 atom stereocenters. The fraction of sp³-hybridized carbons (Fsp3) is 0.417. The number of halogens is 1. The van der Waals surface area contributed by atoms with E-state index in [9.17, 15) is 10.2 Å². The third-order valence-corrected chi connectivity index (χ3v) is 5.99. The van der Waals surface area contributed by atoms with E-state index in [-0.39, 0.29) is 25.2 Å². The second-order valence-corrected chi connectivity index (χ2v) is 9.08. The Labute approximate surface area is 198 Å². The van der Waals surface area contributed by atoms with Crippen LogP contribution in [0.2, 0.25) is 0 Å². The average molecular weight is 509 g/mol. The summed E-state index contributed by atoms with van der Waals surface area (Å²) >= 11 is 3.60. The number of hydrazine groups is 1. The van der Waals surface area contributed by atoms with E-state index in [1.807, 2.05) is 37.3 Å². The van der Waals surface area contributed by atoms with Crippen LogP contribution in [0.3, 0.4) is 0 Å². The number of aliphatic hydroxyl groups excluding tert-OH is 2. The van der Waals surface area contributed by atoms with Gasteiger partial charge in [0.2, 0.25) is 0 Å². The zero-order valence-corrected chi connectivity index (χ0v) is 20.9. The van der Waals surface area contributed by atoms with Crippen molar-refractivity contribution in [2.75, 3.05) is 26.4 Å². The Balaban J connectivity index is 2.02. The number of nitrogens with zero attached hydrogens (tertiary/aromatic N) is 1. The van der Waals surface area contributed by atoms with Gasteiger partial charge in [0.1, 0.15) is 35.6 Å². The van der Waals surface area contributed by atoms with Crippen molar-refractivity contribution in [1.82, 2.24) is 5.01 Å². The smallest absolute Gasteiger partial charge is 0.133 e. The van der Waals surface area contributed by atoms with Crippen LogP contribution in [0.15, 0.2) is 58.3 Å². The number of ether oxygens (including phenoxy) is 2. The molecule has 0 aliphatic carbocycles. The SMILES string of the molecule is CCOc1ccc(C(C)(C)c2ccc(OCC(O)CN(N)/C(CO)=C(/C)[NH3+])cc2)cc1Br. The predicted molar refractivity (Wildman–Crippen MR) is 129 cm³/mol. The molecule has 0 bridgehead atoms. The summed E-state index contributed by atoms with van der Waals surface area (Å²) in [7, 11) is 0. The van der Waals surface area contributed by atoms with Crippen molar-refractivity contribution >= 4 is 15.9 Å². The van der Waals surface area contributed by atoms with Crippen molar-refractivity contribution in [3.05, 3.63) is 69.5 Å². The van der Waals surface area contributed by atoms with Crippen LogP contribution in [0.5, 0.6) is 11.5 Å². The van der Waals surface area contributed by atoms with E-state index in [1.54, 1.807) is 6.92 Å². The third kappa shape index (κ3) is 6.70. The molecular formula is C24H35BrN3O4+. The molecule has 0 fully saturated rings. The summed E-state index contributed by atoms with van der Waals surface area (Å²) in [5.74, 6) is 7.40. The Morgan fingerprint density at radius 1 is 1.16 bits per heavy atom. The molecule has 2 rings (SSSR count). The maximum atomic E-state index is 10.2.